The molecule has 0 unspecified atom stereocenters. The summed E-state index contributed by atoms with van der Waals surface area (Å²) < 4.78 is 0. The maximum Gasteiger partial charge on any atom is 0.150 e. The van der Waals surface area contributed by atoms with Crippen molar-refractivity contribution in [1.82, 2.24) is 4.98 Å². The first-order valence-electron chi connectivity index (χ1n) is 4.82. The molecule has 0 bridgehead atoms. The smallest absolute Gasteiger partial charge is 0.150 e. The molecule has 2 heteroatoms. The zero-order chi connectivity index (χ0) is 10.5. The van der Waals surface area contributed by atoms with Gasteiger partial charge in [-0.25, -0.2) is 0 Å². The molecule has 74 valence electrons. The van der Waals surface area contributed by atoms with Gasteiger partial charge in [-0.05, 0) is 23.8 Å². The van der Waals surface area contributed by atoms with Crippen LogP contribution in [0.3, 0.4) is 0 Å². The third kappa shape index (κ3) is 2.50. The minimum absolute atomic E-state index is 0.712. The van der Waals surface area contributed by atoms with E-state index in [1.165, 1.54) is 0 Å². The van der Waals surface area contributed by atoms with Crippen LogP contribution in [0.1, 0.15) is 21.6 Å². The Morgan fingerprint density at radius 3 is 2.80 bits per heavy atom. The summed E-state index contributed by atoms with van der Waals surface area (Å²) in [4.78, 5) is 14.8. The number of aldehydes is 1. The number of nitrogens with zero attached hydrogens (tertiary/aromatic N) is 1. The molecule has 0 N–H and O–H groups in total. The number of rotatable bonds is 3. The van der Waals surface area contributed by atoms with Crippen molar-refractivity contribution in [2.75, 3.05) is 0 Å². The van der Waals surface area contributed by atoms with Crippen LogP contribution in [0.25, 0.3) is 0 Å². The summed E-state index contributed by atoms with van der Waals surface area (Å²) in [6.45, 7) is 0. The predicted octanol–water partition coefficient (Wildman–Crippen LogP) is 2.48. The summed E-state index contributed by atoms with van der Waals surface area (Å²) in [5, 5.41) is 0. The van der Waals surface area contributed by atoms with Gasteiger partial charge in [0.05, 0.1) is 0 Å². The van der Waals surface area contributed by atoms with E-state index in [0.29, 0.717) is 5.56 Å². The predicted molar refractivity (Wildman–Crippen MR) is 58.9 cm³/mol. The Bertz CT molecular complexity index is 451. The molecule has 0 aliphatic rings. The molecule has 1 aromatic carbocycles. The number of hydrogen-bond donors (Lipinski definition) is 0. The molecule has 0 spiro atoms. The number of hydrogen-bond acceptors (Lipinski definition) is 2. The van der Waals surface area contributed by atoms with Crippen LogP contribution in [0.5, 0.6) is 0 Å². The first kappa shape index (κ1) is 9.59. The molecule has 2 nitrogen and oxygen atoms in total. The summed E-state index contributed by atoms with van der Waals surface area (Å²) in [6.07, 6.45) is 3.41. The standard InChI is InChI=1S/C13H11NO/c15-10-12-5-3-4-11(8-12)9-13-6-1-2-7-14-13/h1-8,10H,9H2. The Labute approximate surface area is 88.6 Å². The fourth-order valence-corrected chi connectivity index (χ4v) is 1.49. The molecule has 0 atom stereocenters. The highest BCUT2D eigenvalue weighted by molar-refractivity contribution is 5.74. The van der Waals surface area contributed by atoms with E-state index in [9.17, 15) is 4.79 Å². The van der Waals surface area contributed by atoms with Gasteiger partial charge in [-0.2, -0.15) is 0 Å². The second-order valence-corrected chi connectivity index (χ2v) is 3.36. The lowest BCUT2D eigenvalue weighted by atomic mass is 10.1. The first-order chi connectivity index (χ1) is 7.38. The Hall–Kier alpha value is -1.96. The third-order valence-corrected chi connectivity index (χ3v) is 2.20. The monoisotopic (exact) mass is 197 g/mol. The third-order valence-electron chi connectivity index (χ3n) is 2.20. The molecule has 0 aliphatic heterocycles. The van der Waals surface area contributed by atoms with E-state index in [0.717, 1.165) is 24.0 Å². The normalized spacial score (nSPS) is 9.87. The van der Waals surface area contributed by atoms with Gasteiger partial charge in [-0.15, -0.1) is 0 Å². The van der Waals surface area contributed by atoms with Crippen molar-refractivity contribution in [3.8, 4) is 0 Å². The van der Waals surface area contributed by atoms with Gasteiger partial charge in [0.15, 0.2) is 0 Å². The van der Waals surface area contributed by atoms with Crippen molar-refractivity contribution in [3.05, 3.63) is 65.5 Å². The van der Waals surface area contributed by atoms with Crippen molar-refractivity contribution in [2.24, 2.45) is 0 Å². The number of pyridine rings is 1. The molecule has 0 aliphatic carbocycles. The summed E-state index contributed by atoms with van der Waals surface area (Å²) in [5.41, 5.74) is 2.84. The SMILES string of the molecule is O=Cc1cccc(Cc2ccccn2)c1. The van der Waals surface area contributed by atoms with E-state index in [-0.39, 0.29) is 0 Å². The summed E-state index contributed by atoms with van der Waals surface area (Å²) in [6, 6.07) is 13.4. The maximum atomic E-state index is 10.6. The molecule has 15 heavy (non-hydrogen) atoms. The minimum atomic E-state index is 0.712. The zero-order valence-electron chi connectivity index (χ0n) is 8.26. The van der Waals surface area contributed by atoms with Gasteiger partial charge in [0, 0.05) is 23.9 Å². The van der Waals surface area contributed by atoms with Gasteiger partial charge in [0.2, 0.25) is 0 Å². The van der Waals surface area contributed by atoms with Gasteiger partial charge < -0.3 is 0 Å². The molecule has 0 saturated heterocycles. The molecule has 0 amide bonds. The number of aromatic nitrogens is 1. The van der Waals surface area contributed by atoms with Gasteiger partial charge in [0.25, 0.3) is 0 Å². The van der Waals surface area contributed by atoms with Crippen molar-refractivity contribution in [1.29, 1.82) is 0 Å². The molecule has 0 fully saturated rings. The van der Waals surface area contributed by atoms with E-state index < -0.39 is 0 Å². The van der Waals surface area contributed by atoms with Gasteiger partial charge in [0.1, 0.15) is 6.29 Å². The molecule has 1 heterocycles. The Morgan fingerprint density at radius 2 is 2.07 bits per heavy atom. The van der Waals surface area contributed by atoms with Crippen LogP contribution >= 0.6 is 0 Å². The van der Waals surface area contributed by atoms with E-state index in [2.05, 4.69) is 4.98 Å². The van der Waals surface area contributed by atoms with Crippen LogP contribution in [-0.2, 0) is 6.42 Å². The van der Waals surface area contributed by atoms with Gasteiger partial charge in [-0.1, -0.05) is 24.3 Å². The summed E-state index contributed by atoms with van der Waals surface area (Å²) >= 11 is 0. The molecule has 2 aromatic rings. The van der Waals surface area contributed by atoms with Crippen molar-refractivity contribution in [2.45, 2.75) is 6.42 Å². The van der Waals surface area contributed by atoms with Crippen LogP contribution < -0.4 is 0 Å². The largest absolute Gasteiger partial charge is 0.298 e. The quantitative estimate of drug-likeness (QED) is 0.707. The molecular formula is C13H11NO. The fraction of sp³-hybridized carbons (Fsp3) is 0.0769. The number of carbonyl (C=O) groups is 1. The van der Waals surface area contributed by atoms with Crippen LogP contribution in [-0.4, -0.2) is 11.3 Å². The average Bonchev–Trinajstić information content (AvgIpc) is 2.31. The average molecular weight is 197 g/mol. The fourth-order valence-electron chi connectivity index (χ4n) is 1.49. The van der Waals surface area contributed by atoms with Crippen LogP contribution in [0.2, 0.25) is 0 Å². The molecule has 2 rings (SSSR count). The number of carbonyl (C=O) groups excluding carboxylic acids is 1. The highest BCUT2D eigenvalue weighted by atomic mass is 16.1. The highest BCUT2D eigenvalue weighted by Gasteiger charge is 1.97. The van der Waals surface area contributed by atoms with Crippen molar-refractivity contribution >= 4 is 6.29 Å². The molecular weight excluding hydrogens is 186 g/mol. The molecule has 0 radical (unpaired) electrons. The second-order valence-electron chi connectivity index (χ2n) is 3.36. The van der Waals surface area contributed by atoms with Crippen LogP contribution in [0, 0.1) is 0 Å². The summed E-state index contributed by atoms with van der Waals surface area (Å²) in [7, 11) is 0. The Kier molecular flexibility index (Phi) is 2.88. The lowest BCUT2D eigenvalue weighted by Gasteiger charge is -2.01. The van der Waals surface area contributed by atoms with E-state index in [1.54, 1.807) is 12.3 Å². The zero-order valence-corrected chi connectivity index (χ0v) is 8.26. The topological polar surface area (TPSA) is 30.0 Å². The number of benzene rings is 1. The maximum absolute atomic E-state index is 10.6. The highest BCUT2D eigenvalue weighted by Crippen LogP contribution is 2.08. The van der Waals surface area contributed by atoms with Crippen LogP contribution in [0.4, 0.5) is 0 Å². The van der Waals surface area contributed by atoms with E-state index in [4.69, 9.17) is 0 Å². The lowest BCUT2D eigenvalue weighted by Crippen LogP contribution is -1.92. The summed E-state index contributed by atoms with van der Waals surface area (Å²) in [5.74, 6) is 0. The van der Waals surface area contributed by atoms with E-state index in [1.807, 2.05) is 36.4 Å². The molecule has 1 aromatic heterocycles. The first-order valence-corrected chi connectivity index (χ1v) is 4.82. The molecule has 0 saturated carbocycles. The van der Waals surface area contributed by atoms with Crippen LogP contribution in [0.15, 0.2) is 48.7 Å². The van der Waals surface area contributed by atoms with Crippen molar-refractivity contribution < 1.29 is 4.79 Å². The minimum Gasteiger partial charge on any atom is -0.298 e. The van der Waals surface area contributed by atoms with Crippen molar-refractivity contribution in [3.63, 3.8) is 0 Å². The second kappa shape index (κ2) is 4.51. The Morgan fingerprint density at radius 1 is 1.13 bits per heavy atom. The van der Waals surface area contributed by atoms with Gasteiger partial charge in [-0.3, -0.25) is 9.78 Å². The Balaban J connectivity index is 2.21. The lowest BCUT2D eigenvalue weighted by molar-refractivity contribution is 0.112. The van der Waals surface area contributed by atoms with Gasteiger partial charge >= 0.3 is 0 Å². The van der Waals surface area contributed by atoms with E-state index >= 15 is 0 Å².